The van der Waals surface area contributed by atoms with Crippen molar-refractivity contribution < 1.29 is 27.2 Å². The molecule has 0 saturated heterocycles. The van der Waals surface area contributed by atoms with E-state index in [9.17, 15) is 4.79 Å². The molecule has 0 bridgehead atoms. The molecule has 0 saturated carbocycles. The fraction of sp³-hybridized carbons (Fsp3) is 0. The third kappa shape index (κ3) is 4.02. The number of carbonyl (C=O) groups is 1. The first kappa shape index (κ1) is 11.0. The van der Waals surface area contributed by atoms with Gasteiger partial charge in [0.1, 0.15) is 0 Å². The van der Waals surface area contributed by atoms with Crippen molar-refractivity contribution in [3.63, 3.8) is 0 Å². The van der Waals surface area contributed by atoms with Crippen molar-refractivity contribution in [2.75, 3.05) is 5.43 Å². The van der Waals surface area contributed by atoms with E-state index >= 15 is 0 Å². The fourth-order valence-electron chi connectivity index (χ4n) is 0.655. The zero-order valence-electron chi connectivity index (χ0n) is 6.17. The molecule has 2 amide bonds. The summed E-state index contributed by atoms with van der Waals surface area (Å²) in [5.74, 6) is 0. The maximum Gasteiger partial charge on any atom is 0.330 e. The Bertz CT molecular complexity index is 240. The number of amides is 2. The summed E-state index contributed by atoms with van der Waals surface area (Å²) in [6.07, 6.45) is 0. The van der Waals surface area contributed by atoms with Crippen LogP contribution in [0.1, 0.15) is 0 Å². The first-order valence-corrected chi connectivity index (χ1v) is 3.15. The molecule has 0 atom stereocenters. The summed E-state index contributed by atoms with van der Waals surface area (Å²) in [5.41, 5.74) is 10.5. The molecule has 0 aliphatic rings. The van der Waals surface area contributed by atoms with Crippen molar-refractivity contribution in [2.45, 2.75) is 0 Å². The summed E-state index contributed by atoms with van der Waals surface area (Å²) < 4.78 is 0. The van der Waals surface area contributed by atoms with Crippen LogP contribution >= 0.6 is 0 Å². The summed E-state index contributed by atoms with van der Waals surface area (Å²) in [6, 6.07) is 8.62. The standard InChI is InChI=1S/C7H9N3O.Ag/c8-7(11)10-9-6-4-2-1-3-5-6;/h1-5,9H,(H3,8,10,11);. The van der Waals surface area contributed by atoms with Crippen molar-refractivity contribution >= 4 is 11.7 Å². The summed E-state index contributed by atoms with van der Waals surface area (Å²) in [7, 11) is 0. The molecule has 0 aliphatic carbocycles. The van der Waals surface area contributed by atoms with Gasteiger partial charge in [0, 0.05) is 22.4 Å². The number of para-hydroxylation sites is 1. The molecule has 1 aromatic carbocycles. The third-order valence-corrected chi connectivity index (χ3v) is 1.10. The normalized spacial score (nSPS) is 8.00. The summed E-state index contributed by atoms with van der Waals surface area (Å²) in [5, 5.41) is 0. The Balaban J connectivity index is 0.00000121. The van der Waals surface area contributed by atoms with Crippen LogP contribution in [-0.2, 0) is 22.4 Å². The van der Waals surface area contributed by atoms with Gasteiger partial charge >= 0.3 is 6.03 Å². The number of benzene rings is 1. The van der Waals surface area contributed by atoms with Crippen molar-refractivity contribution in [3.05, 3.63) is 30.3 Å². The molecule has 0 unspecified atom stereocenters. The number of hydrazine groups is 1. The number of primary amides is 1. The summed E-state index contributed by atoms with van der Waals surface area (Å²) >= 11 is 0. The van der Waals surface area contributed by atoms with Gasteiger partial charge in [0.2, 0.25) is 0 Å². The Morgan fingerprint density at radius 3 is 2.33 bits per heavy atom. The van der Waals surface area contributed by atoms with Crippen LogP contribution in [0.3, 0.4) is 0 Å². The van der Waals surface area contributed by atoms with Crippen LogP contribution < -0.4 is 16.6 Å². The summed E-state index contributed by atoms with van der Waals surface area (Å²) in [4.78, 5) is 10.2. The Labute approximate surface area is 86.0 Å². The van der Waals surface area contributed by atoms with Gasteiger partial charge in [-0.3, -0.25) is 10.9 Å². The molecule has 69 valence electrons. The van der Waals surface area contributed by atoms with Gasteiger partial charge in [-0.1, -0.05) is 18.2 Å². The number of nitrogens with two attached hydrogens (primary N) is 1. The van der Waals surface area contributed by atoms with Gasteiger partial charge in [-0.25, -0.2) is 4.79 Å². The molecular formula is C7H9AgN3O. The molecule has 0 aromatic heterocycles. The molecule has 0 heterocycles. The van der Waals surface area contributed by atoms with E-state index in [1.54, 1.807) is 0 Å². The minimum absolute atomic E-state index is 0. The number of anilines is 1. The van der Waals surface area contributed by atoms with Crippen LogP contribution in [0.25, 0.3) is 0 Å². The molecule has 0 fully saturated rings. The monoisotopic (exact) mass is 258 g/mol. The van der Waals surface area contributed by atoms with Gasteiger partial charge in [-0.15, -0.1) is 0 Å². The number of urea groups is 1. The Morgan fingerprint density at radius 2 is 1.83 bits per heavy atom. The van der Waals surface area contributed by atoms with Crippen LogP contribution in [0, 0.1) is 0 Å². The molecule has 4 nitrogen and oxygen atoms in total. The van der Waals surface area contributed by atoms with Crippen molar-refractivity contribution in [1.29, 1.82) is 0 Å². The fourth-order valence-corrected chi connectivity index (χ4v) is 0.655. The average Bonchev–Trinajstić information content (AvgIpc) is 2.03. The molecule has 1 aromatic rings. The van der Waals surface area contributed by atoms with E-state index in [4.69, 9.17) is 5.73 Å². The average molecular weight is 259 g/mol. The van der Waals surface area contributed by atoms with Crippen LogP contribution in [0.5, 0.6) is 0 Å². The van der Waals surface area contributed by atoms with Gasteiger partial charge in [-0.2, -0.15) is 0 Å². The maximum atomic E-state index is 10.2. The SMILES string of the molecule is NC(=O)NNc1ccccc1.[Ag]. The van der Waals surface area contributed by atoms with Crippen molar-refractivity contribution in [2.24, 2.45) is 5.73 Å². The molecular weight excluding hydrogens is 250 g/mol. The number of hydrogen-bond acceptors (Lipinski definition) is 2. The first-order chi connectivity index (χ1) is 5.29. The van der Waals surface area contributed by atoms with Crippen molar-refractivity contribution in [1.82, 2.24) is 5.43 Å². The van der Waals surface area contributed by atoms with Gasteiger partial charge in [0.15, 0.2) is 0 Å². The number of rotatable bonds is 2. The van der Waals surface area contributed by atoms with Crippen LogP contribution in [0.2, 0.25) is 0 Å². The van der Waals surface area contributed by atoms with E-state index in [1.807, 2.05) is 30.3 Å². The maximum absolute atomic E-state index is 10.2. The zero-order valence-corrected chi connectivity index (χ0v) is 7.66. The van der Waals surface area contributed by atoms with Crippen LogP contribution in [0.4, 0.5) is 10.5 Å². The molecule has 12 heavy (non-hydrogen) atoms. The zero-order chi connectivity index (χ0) is 8.10. The van der Waals surface area contributed by atoms with E-state index in [0.717, 1.165) is 5.69 Å². The number of nitrogens with one attached hydrogen (secondary N) is 2. The minimum Gasteiger partial charge on any atom is -0.350 e. The van der Waals surface area contributed by atoms with Gasteiger partial charge < -0.3 is 5.73 Å². The second-order valence-corrected chi connectivity index (χ2v) is 1.98. The predicted molar refractivity (Wildman–Crippen MR) is 42.8 cm³/mol. The predicted octanol–water partition coefficient (Wildman–Crippen LogP) is 0.679. The van der Waals surface area contributed by atoms with Gasteiger partial charge in [0.05, 0.1) is 5.69 Å². The summed E-state index contributed by atoms with van der Waals surface area (Å²) in [6.45, 7) is 0. The Hall–Kier alpha value is -0.970. The Kier molecular flexibility index (Phi) is 5.19. The van der Waals surface area contributed by atoms with E-state index in [2.05, 4.69) is 10.9 Å². The van der Waals surface area contributed by atoms with E-state index in [-0.39, 0.29) is 22.4 Å². The smallest absolute Gasteiger partial charge is 0.330 e. The second kappa shape index (κ2) is 5.65. The molecule has 1 rings (SSSR count). The van der Waals surface area contributed by atoms with Crippen molar-refractivity contribution in [3.8, 4) is 0 Å². The van der Waals surface area contributed by atoms with Crippen LogP contribution in [-0.4, -0.2) is 6.03 Å². The largest absolute Gasteiger partial charge is 0.350 e. The quantitative estimate of drug-likeness (QED) is 0.540. The Morgan fingerprint density at radius 1 is 1.25 bits per heavy atom. The molecule has 4 N–H and O–H groups in total. The topological polar surface area (TPSA) is 67.2 Å². The third-order valence-electron chi connectivity index (χ3n) is 1.10. The van der Waals surface area contributed by atoms with Gasteiger partial charge in [0.25, 0.3) is 0 Å². The minimum atomic E-state index is -0.603. The molecule has 5 heteroatoms. The number of carbonyl (C=O) groups excluding carboxylic acids is 1. The molecule has 0 aliphatic heterocycles. The van der Waals surface area contributed by atoms with E-state index in [0.29, 0.717) is 0 Å². The van der Waals surface area contributed by atoms with Crippen LogP contribution in [0.15, 0.2) is 30.3 Å². The van der Waals surface area contributed by atoms with Gasteiger partial charge in [-0.05, 0) is 12.1 Å². The van der Waals surface area contributed by atoms with E-state index in [1.165, 1.54) is 0 Å². The first-order valence-electron chi connectivity index (χ1n) is 3.15. The second-order valence-electron chi connectivity index (χ2n) is 1.98. The number of hydrogen-bond donors (Lipinski definition) is 3. The molecule has 0 spiro atoms. The van der Waals surface area contributed by atoms with E-state index < -0.39 is 6.03 Å². The molecule has 1 radical (unpaired) electrons.